The van der Waals surface area contributed by atoms with Crippen LogP contribution in [0.3, 0.4) is 0 Å². The molecule has 1 rings (SSSR count). The number of benzene rings is 1. The van der Waals surface area contributed by atoms with E-state index in [9.17, 15) is 9.18 Å². The number of rotatable bonds is 4. The molecule has 6 heteroatoms. The van der Waals surface area contributed by atoms with Crippen LogP contribution in [0.4, 0.5) is 15.8 Å². The van der Waals surface area contributed by atoms with Gasteiger partial charge in [-0.2, -0.15) is 0 Å². The molecule has 88 valence electrons. The van der Waals surface area contributed by atoms with Gasteiger partial charge in [0.2, 0.25) is 0 Å². The first-order valence-corrected chi connectivity index (χ1v) is 4.66. The van der Waals surface area contributed by atoms with Crippen LogP contribution in [0, 0.1) is 5.82 Å². The van der Waals surface area contributed by atoms with Gasteiger partial charge in [0.1, 0.15) is 11.4 Å². The number of nitrogens with two attached hydrogens (primary N) is 1. The Labute approximate surface area is 91.7 Å². The maximum atomic E-state index is 13.1. The van der Waals surface area contributed by atoms with Gasteiger partial charge in [0.25, 0.3) is 0 Å². The van der Waals surface area contributed by atoms with Crippen molar-refractivity contribution in [3.05, 3.63) is 23.5 Å². The van der Waals surface area contributed by atoms with Crippen LogP contribution in [0.25, 0.3) is 0 Å². The summed E-state index contributed by atoms with van der Waals surface area (Å²) >= 11 is 0. The van der Waals surface area contributed by atoms with Gasteiger partial charge < -0.3 is 21.3 Å². The van der Waals surface area contributed by atoms with Gasteiger partial charge in [-0.25, -0.2) is 9.18 Å². The molecule has 0 aromatic heterocycles. The second kappa shape index (κ2) is 4.80. The molecule has 1 unspecified atom stereocenters. The first-order valence-electron chi connectivity index (χ1n) is 4.66. The van der Waals surface area contributed by atoms with Crippen molar-refractivity contribution in [3.8, 4) is 0 Å². The zero-order valence-electron chi connectivity index (χ0n) is 8.70. The van der Waals surface area contributed by atoms with Crippen molar-refractivity contribution in [2.45, 2.75) is 13.0 Å². The summed E-state index contributed by atoms with van der Waals surface area (Å²) in [6.45, 7) is 1.70. The minimum atomic E-state index is -1.31. The molecule has 0 saturated carbocycles. The van der Waals surface area contributed by atoms with Crippen LogP contribution in [-0.2, 0) is 0 Å². The summed E-state index contributed by atoms with van der Waals surface area (Å²) in [7, 11) is 0. The van der Waals surface area contributed by atoms with Crippen molar-refractivity contribution < 1.29 is 19.4 Å². The van der Waals surface area contributed by atoms with Crippen molar-refractivity contribution in [1.29, 1.82) is 0 Å². The zero-order chi connectivity index (χ0) is 12.3. The standard InChI is InChI=1S/C10H13FN2O3/c1-5(14)4-13-7-3-2-6(11)9(12)8(7)10(15)16/h2-3,5,13-14H,4,12H2,1H3,(H,15,16). The molecule has 1 aromatic rings. The predicted molar refractivity (Wildman–Crippen MR) is 57.9 cm³/mol. The molecule has 0 aliphatic carbocycles. The van der Waals surface area contributed by atoms with Gasteiger partial charge in [-0.15, -0.1) is 0 Å². The number of halogens is 1. The van der Waals surface area contributed by atoms with Crippen LogP contribution >= 0.6 is 0 Å². The normalized spacial score (nSPS) is 12.2. The number of nitrogen functional groups attached to an aromatic ring is 1. The molecule has 5 nitrogen and oxygen atoms in total. The lowest BCUT2D eigenvalue weighted by Crippen LogP contribution is -2.18. The highest BCUT2D eigenvalue weighted by molar-refractivity contribution is 6.00. The Morgan fingerprint density at radius 3 is 2.75 bits per heavy atom. The van der Waals surface area contributed by atoms with E-state index in [-0.39, 0.29) is 17.8 Å². The molecule has 0 radical (unpaired) electrons. The summed E-state index contributed by atoms with van der Waals surface area (Å²) in [6, 6.07) is 2.35. The molecule has 16 heavy (non-hydrogen) atoms. The van der Waals surface area contributed by atoms with Crippen LogP contribution in [0.15, 0.2) is 12.1 Å². The molecule has 1 atom stereocenters. The van der Waals surface area contributed by atoms with Gasteiger partial charge >= 0.3 is 5.97 Å². The van der Waals surface area contributed by atoms with E-state index in [1.54, 1.807) is 6.92 Å². The summed E-state index contributed by atoms with van der Waals surface area (Å²) < 4.78 is 13.1. The highest BCUT2D eigenvalue weighted by atomic mass is 19.1. The molecule has 0 bridgehead atoms. The quantitative estimate of drug-likeness (QED) is 0.574. The summed E-state index contributed by atoms with van der Waals surface area (Å²) in [5.74, 6) is -2.09. The third-order valence-electron chi connectivity index (χ3n) is 1.99. The van der Waals surface area contributed by atoms with Crippen LogP contribution in [0.5, 0.6) is 0 Å². The van der Waals surface area contributed by atoms with E-state index in [0.717, 1.165) is 6.07 Å². The lowest BCUT2D eigenvalue weighted by Gasteiger charge is -2.13. The molecular formula is C10H13FN2O3. The SMILES string of the molecule is CC(O)CNc1ccc(F)c(N)c1C(=O)O. The van der Waals surface area contributed by atoms with Crippen molar-refractivity contribution in [2.24, 2.45) is 0 Å². The van der Waals surface area contributed by atoms with Crippen molar-refractivity contribution >= 4 is 17.3 Å². The first-order chi connectivity index (χ1) is 7.43. The van der Waals surface area contributed by atoms with Crippen molar-refractivity contribution in [2.75, 3.05) is 17.6 Å². The molecule has 0 spiro atoms. The van der Waals surface area contributed by atoms with Crippen LogP contribution in [-0.4, -0.2) is 28.8 Å². The molecular weight excluding hydrogens is 215 g/mol. The van der Waals surface area contributed by atoms with Gasteiger partial charge in [0, 0.05) is 6.54 Å². The second-order valence-corrected chi connectivity index (χ2v) is 3.42. The molecule has 1 aromatic carbocycles. The number of hydrogen-bond donors (Lipinski definition) is 4. The average Bonchev–Trinajstić information content (AvgIpc) is 2.19. The van der Waals surface area contributed by atoms with Gasteiger partial charge in [-0.3, -0.25) is 0 Å². The number of carboxylic acids is 1. The number of anilines is 2. The minimum Gasteiger partial charge on any atom is -0.478 e. The second-order valence-electron chi connectivity index (χ2n) is 3.42. The van der Waals surface area contributed by atoms with Crippen LogP contribution in [0.2, 0.25) is 0 Å². The number of aromatic carboxylic acids is 1. The number of carboxylic acid groups (broad SMARTS) is 1. The van der Waals surface area contributed by atoms with E-state index >= 15 is 0 Å². The Morgan fingerprint density at radius 1 is 1.62 bits per heavy atom. The zero-order valence-corrected chi connectivity index (χ0v) is 8.70. The molecule has 0 heterocycles. The first kappa shape index (κ1) is 12.3. The Morgan fingerprint density at radius 2 is 2.25 bits per heavy atom. The summed E-state index contributed by atoms with van der Waals surface area (Å²) in [5, 5.41) is 20.6. The van der Waals surface area contributed by atoms with Gasteiger partial charge in [-0.05, 0) is 19.1 Å². The average molecular weight is 228 g/mol. The molecule has 5 N–H and O–H groups in total. The van der Waals surface area contributed by atoms with E-state index in [1.807, 2.05) is 0 Å². The minimum absolute atomic E-state index is 0.158. The number of aliphatic hydroxyl groups is 1. The summed E-state index contributed by atoms with van der Waals surface area (Å²) in [6.07, 6.45) is -0.645. The Kier molecular flexibility index (Phi) is 3.68. The number of hydrogen-bond acceptors (Lipinski definition) is 4. The van der Waals surface area contributed by atoms with Gasteiger partial charge in [0.15, 0.2) is 0 Å². The van der Waals surface area contributed by atoms with E-state index in [1.165, 1.54) is 6.07 Å². The Hall–Kier alpha value is -1.82. The van der Waals surface area contributed by atoms with E-state index in [0.29, 0.717) is 0 Å². The number of aliphatic hydroxyl groups excluding tert-OH is 1. The molecule has 0 saturated heterocycles. The highest BCUT2D eigenvalue weighted by Gasteiger charge is 2.17. The maximum absolute atomic E-state index is 13.1. The van der Waals surface area contributed by atoms with E-state index in [2.05, 4.69) is 5.32 Å². The Balaban J connectivity index is 3.08. The largest absolute Gasteiger partial charge is 0.478 e. The summed E-state index contributed by atoms with van der Waals surface area (Å²) in [4.78, 5) is 10.9. The molecule has 0 fully saturated rings. The lowest BCUT2D eigenvalue weighted by atomic mass is 10.1. The fourth-order valence-electron chi connectivity index (χ4n) is 1.23. The third kappa shape index (κ3) is 2.60. The third-order valence-corrected chi connectivity index (χ3v) is 1.99. The smallest absolute Gasteiger partial charge is 0.340 e. The fraction of sp³-hybridized carbons (Fsp3) is 0.300. The maximum Gasteiger partial charge on any atom is 0.340 e. The van der Waals surface area contributed by atoms with E-state index in [4.69, 9.17) is 15.9 Å². The number of nitrogens with one attached hydrogen (secondary N) is 1. The van der Waals surface area contributed by atoms with Gasteiger partial charge in [0.05, 0.1) is 17.5 Å². The molecule has 0 aliphatic heterocycles. The van der Waals surface area contributed by atoms with Crippen molar-refractivity contribution in [1.82, 2.24) is 0 Å². The summed E-state index contributed by atoms with van der Waals surface area (Å²) in [5.41, 5.74) is 4.79. The Bertz CT molecular complexity index is 407. The fourth-order valence-corrected chi connectivity index (χ4v) is 1.23. The highest BCUT2D eigenvalue weighted by Crippen LogP contribution is 2.24. The predicted octanol–water partition coefficient (Wildman–Crippen LogP) is 0.899. The monoisotopic (exact) mass is 228 g/mol. The van der Waals surface area contributed by atoms with Crippen LogP contribution in [0.1, 0.15) is 17.3 Å². The topological polar surface area (TPSA) is 95.6 Å². The lowest BCUT2D eigenvalue weighted by molar-refractivity contribution is 0.0698. The molecule has 0 aliphatic rings. The van der Waals surface area contributed by atoms with Crippen LogP contribution < -0.4 is 11.1 Å². The molecule has 0 amide bonds. The van der Waals surface area contributed by atoms with E-state index < -0.39 is 23.6 Å². The number of carbonyl (C=O) groups is 1. The van der Waals surface area contributed by atoms with Gasteiger partial charge in [-0.1, -0.05) is 0 Å². The van der Waals surface area contributed by atoms with Crippen molar-refractivity contribution in [3.63, 3.8) is 0 Å².